The van der Waals surface area contributed by atoms with Crippen LogP contribution in [0.4, 0.5) is 0 Å². The second kappa shape index (κ2) is 5.86. The first-order chi connectivity index (χ1) is 7.34. The fraction of sp³-hybridized carbons (Fsp3) is 1.00. The van der Waals surface area contributed by atoms with Crippen LogP contribution in [0.3, 0.4) is 0 Å². The molecule has 0 bridgehead atoms. The molecule has 2 heteroatoms. The highest BCUT2D eigenvalue weighted by Crippen LogP contribution is 2.26. The van der Waals surface area contributed by atoms with Crippen LogP contribution in [-0.2, 0) is 0 Å². The van der Waals surface area contributed by atoms with Crippen LogP contribution in [-0.4, -0.2) is 18.6 Å². The molecule has 0 amide bonds. The van der Waals surface area contributed by atoms with Crippen LogP contribution in [0.5, 0.6) is 0 Å². The highest BCUT2D eigenvalue weighted by molar-refractivity contribution is 4.82. The molecule has 2 aliphatic rings. The molecule has 2 saturated carbocycles. The Balaban J connectivity index is 1.54. The molecule has 0 aliphatic heterocycles. The van der Waals surface area contributed by atoms with Gasteiger partial charge in [0.2, 0.25) is 0 Å². The van der Waals surface area contributed by atoms with Crippen molar-refractivity contribution >= 4 is 0 Å². The van der Waals surface area contributed by atoms with E-state index >= 15 is 0 Å². The normalized spacial score (nSPS) is 33.4. The Labute approximate surface area is 94.0 Å². The highest BCUT2D eigenvalue weighted by atomic mass is 14.9. The van der Waals surface area contributed by atoms with Crippen molar-refractivity contribution in [1.29, 1.82) is 0 Å². The molecule has 0 radical (unpaired) electrons. The van der Waals surface area contributed by atoms with Gasteiger partial charge in [-0.05, 0) is 38.1 Å². The van der Waals surface area contributed by atoms with Gasteiger partial charge in [-0.1, -0.05) is 32.1 Å². The molecular weight excluding hydrogens is 184 g/mol. The quantitative estimate of drug-likeness (QED) is 0.748. The number of rotatable bonds is 4. The van der Waals surface area contributed by atoms with Crippen molar-refractivity contribution < 1.29 is 0 Å². The zero-order chi connectivity index (χ0) is 10.5. The van der Waals surface area contributed by atoms with Crippen molar-refractivity contribution in [3.05, 3.63) is 0 Å². The summed E-state index contributed by atoms with van der Waals surface area (Å²) < 4.78 is 0. The molecule has 3 N–H and O–H groups in total. The maximum absolute atomic E-state index is 5.90. The molecule has 0 heterocycles. The van der Waals surface area contributed by atoms with Gasteiger partial charge in [0.25, 0.3) is 0 Å². The van der Waals surface area contributed by atoms with Crippen LogP contribution in [0, 0.1) is 5.92 Å². The molecule has 0 aromatic heterocycles. The van der Waals surface area contributed by atoms with Crippen molar-refractivity contribution in [2.75, 3.05) is 6.54 Å². The zero-order valence-corrected chi connectivity index (χ0v) is 9.88. The van der Waals surface area contributed by atoms with E-state index in [1.54, 1.807) is 0 Å². The number of nitrogens with one attached hydrogen (secondary N) is 1. The molecule has 0 spiro atoms. The molecule has 2 rings (SSSR count). The standard InChI is InChI=1S/C13H26N2/c14-12-6-7-13(10-12)15-9-8-11-4-2-1-3-5-11/h11-13,15H,1-10,14H2. The molecule has 2 nitrogen and oxygen atoms in total. The van der Waals surface area contributed by atoms with Gasteiger partial charge in [0.15, 0.2) is 0 Å². The van der Waals surface area contributed by atoms with Gasteiger partial charge in [-0.2, -0.15) is 0 Å². The van der Waals surface area contributed by atoms with E-state index in [1.807, 2.05) is 0 Å². The van der Waals surface area contributed by atoms with E-state index in [-0.39, 0.29) is 0 Å². The Morgan fingerprint density at radius 1 is 1.00 bits per heavy atom. The monoisotopic (exact) mass is 210 g/mol. The molecule has 0 aromatic rings. The van der Waals surface area contributed by atoms with E-state index < -0.39 is 0 Å². The molecule has 15 heavy (non-hydrogen) atoms. The average Bonchev–Trinajstić information content (AvgIpc) is 2.66. The Hall–Kier alpha value is -0.0800. The lowest BCUT2D eigenvalue weighted by Crippen LogP contribution is -2.30. The first kappa shape index (κ1) is 11.4. The summed E-state index contributed by atoms with van der Waals surface area (Å²) in [6, 6.07) is 1.20. The van der Waals surface area contributed by atoms with Crippen molar-refractivity contribution in [3.63, 3.8) is 0 Å². The molecule has 0 saturated heterocycles. The number of nitrogens with two attached hydrogens (primary N) is 1. The fourth-order valence-corrected chi connectivity index (χ4v) is 3.17. The van der Waals surface area contributed by atoms with Gasteiger partial charge in [-0.15, -0.1) is 0 Å². The van der Waals surface area contributed by atoms with Gasteiger partial charge >= 0.3 is 0 Å². The summed E-state index contributed by atoms with van der Waals surface area (Å²) in [5.74, 6) is 1.02. The molecule has 0 aromatic carbocycles. The van der Waals surface area contributed by atoms with Crippen LogP contribution in [0.15, 0.2) is 0 Å². The van der Waals surface area contributed by atoms with Gasteiger partial charge in [0.05, 0.1) is 0 Å². The SMILES string of the molecule is NC1CCC(NCCC2CCCCC2)C1. The minimum absolute atomic E-state index is 0.470. The summed E-state index contributed by atoms with van der Waals surface area (Å²) in [5.41, 5.74) is 5.90. The van der Waals surface area contributed by atoms with E-state index in [0.717, 1.165) is 12.0 Å². The van der Waals surface area contributed by atoms with Gasteiger partial charge in [0.1, 0.15) is 0 Å². The second-order valence-corrected chi connectivity index (χ2v) is 5.52. The molecule has 2 fully saturated rings. The maximum atomic E-state index is 5.90. The van der Waals surface area contributed by atoms with Crippen molar-refractivity contribution in [2.45, 2.75) is 69.9 Å². The Bertz CT molecular complexity index is 171. The number of hydrogen-bond donors (Lipinski definition) is 2. The summed E-state index contributed by atoms with van der Waals surface area (Å²) >= 11 is 0. The summed E-state index contributed by atoms with van der Waals surface area (Å²) in [6.45, 7) is 1.22. The summed E-state index contributed by atoms with van der Waals surface area (Å²) in [5, 5.41) is 3.68. The smallest absolute Gasteiger partial charge is 0.00823 e. The van der Waals surface area contributed by atoms with Gasteiger partial charge in [-0.3, -0.25) is 0 Å². The molecule has 2 unspecified atom stereocenters. The summed E-state index contributed by atoms with van der Waals surface area (Å²) in [7, 11) is 0. The summed E-state index contributed by atoms with van der Waals surface area (Å²) in [6.07, 6.45) is 12.5. The topological polar surface area (TPSA) is 38.0 Å². The van der Waals surface area contributed by atoms with Crippen molar-refractivity contribution in [2.24, 2.45) is 11.7 Å². The highest BCUT2D eigenvalue weighted by Gasteiger charge is 2.21. The maximum Gasteiger partial charge on any atom is 0.00823 e. The van der Waals surface area contributed by atoms with Crippen LogP contribution >= 0.6 is 0 Å². The second-order valence-electron chi connectivity index (χ2n) is 5.52. The Morgan fingerprint density at radius 2 is 1.80 bits per heavy atom. The van der Waals surface area contributed by atoms with Crippen molar-refractivity contribution in [1.82, 2.24) is 5.32 Å². The zero-order valence-electron chi connectivity index (χ0n) is 9.88. The lowest BCUT2D eigenvalue weighted by atomic mass is 9.87. The molecule has 2 aliphatic carbocycles. The predicted molar refractivity (Wildman–Crippen MR) is 64.8 cm³/mol. The minimum Gasteiger partial charge on any atom is -0.328 e. The van der Waals surface area contributed by atoms with Crippen LogP contribution < -0.4 is 11.1 Å². The van der Waals surface area contributed by atoms with E-state index in [4.69, 9.17) is 5.73 Å². The minimum atomic E-state index is 0.470. The van der Waals surface area contributed by atoms with Gasteiger partial charge < -0.3 is 11.1 Å². The third-order valence-electron chi connectivity index (χ3n) is 4.18. The first-order valence-electron chi connectivity index (χ1n) is 6.83. The fourth-order valence-electron chi connectivity index (χ4n) is 3.17. The average molecular weight is 210 g/mol. The van der Waals surface area contributed by atoms with Crippen molar-refractivity contribution in [3.8, 4) is 0 Å². The Morgan fingerprint density at radius 3 is 2.47 bits per heavy atom. The van der Waals surface area contributed by atoms with Crippen LogP contribution in [0.2, 0.25) is 0 Å². The lowest BCUT2D eigenvalue weighted by Gasteiger charge is -2.22. The van der Waals surface area contributed by atoms with E-state index in [9.17, 15) is 0 Å². The van der Waals surface area contributed by atoms with E-state index in [0.29, 0.717) is 6.04 Å². The summed E-state index contributed by atoms with van der Waals surface area (Å²) in [4.78, 5) is 0. The third-order valence-corrected chi connectivity index (χ3v) is 4.18. The van der Waals surface area contributed by atoms with E-state index in [1.165, 1.54) is 64.3 Å². The Kier molecular flexibility index (Phi) is 4.45. The molecule has 2 atom stereocenters. The first-order valence-corrected chi connectivity index (χ1v) is 6.83. The molecular formula is C13H26N2. The molecule has 88 valence electrons. The van der Waals surface area contributed by atoms with E-state index in [2.05, 4.69) is 5.32 Å². The number of hydrogen-bond acceptors (Lipinski definition) is 2. The van der Waals surface area contributed by atoms with Crippen LogP contribution in [0.1, 0.15) is 57.8 Å². The van der Waals surface area contributed by atoms with Gasteiger partial charge in [0, 0.05) is 12.1 Å². The lowest BCUT2D eigenvalue weighted by molar-refractivity contribution is 0.327. The largest absolute Gasteiger partial charge is 0.328 e. The van der Waals surface area contributed by atoms with Crippen LogP contribution in [0.25, 0.3) is 0 Å². The predicted octanol–water partition coefficient (Wildman–Crippen LogP) is 2.43. The van der Waals surface area contributed by atoms with Gasteiger partial charge in [-0.25, -0.2) is 0 Å². The third kappa shape index (κ3) is 3.76.